The summed E-state index contributed by atoms with van der Waals surface area (Å²) in [6.45, 7) is 17.3. The summed E-state index contributed by atoms with van der Waals surface area (Å²) < 4.78 is 32.0. The quantitative estimate of drug-likeness (QED) is 0.309. The predicted octanol–water partition coefficient (Wildman–Crippen LogP) is 5.88. The molecule has 1 N–H and O–H groups in total. The maximum atomic E-state index is 11.0. The van der Waals surface area contributed by atoms with Crippen LogP contribution in [0.5, 0.6) is 0 Å². The van der Waals surface area contributed by atoms with Gasteiger partial charge in [0.05, 0.1) is 18.3 Å². The Balaban J connectivity index is 2.16. The van der Waals surface area contributed by atoms with Crippen molar-refractivity contribution in [1.82, 2.24) is 0 Å². The van der Waals surface area contributed by atoms with Crippen molar-refractivity contribution >= 4 is 0 Å². The fraction of sp³-hybridized carbons (Fsp3) is 1.00. The van der Waals surface area contributed by atoms with E-state index < -0.39 is 12.4 Å². The third-order valence-corrected chi connectivity index (χ3v) is 7.44. The standard InChI is InChI=1S/C28H54O6/c1-8-11-16-30-24-20(4)33-27(26(32-18-13-10-3)25(24)31-17-12-9-2)34-23-15-14-21(19-22(23)29)28(5,6)7/h20-27,29H,8-19H2,1-7H3/t20?,21?,22-,23?,24-,25?,26?,27+/m1/s1. The lowest BCUT2D eigenvalue weighted by Gasteiger charge is -2.47. The lowest BCUT2D eigenvalue weighted by atomic mass is 9.71. The molecular weight excluding hydrogens is 432 g/mol. The summed E-state index contributed by atoms with van der Waals surface area (Å²) >= 11 is 0. The molecule has 8 atom stereocenters. The molecule has 0 spiro atoms. The molecule has 1 aliphatic heterocycles. The molecule has 0 amide bonds. The summed E-state index contributed by atoms with van der Waals surface area (Å²) in [4.78, 5) is 0. The Morgan fingerprint density at radius 2 is 1.32 bits per heavy atom. The highest BCUT2D eigenvalue weighted by Gasteiger charge is 2.49. The molecule has 5 unspecified atom stereocenters. The van der Waals surface area contributed by atoms with Gasteiger partial charge < -0.3 is 28.8 Å². The van der Waals surface area contributed by atoms with Crippen molar-refractivity contribution in [3.05, 3.63) is 0 Å². The summed E-state index contributed by atoms with van der Waals surface area (Å²) in [7, 11) is 0. The highest BCUT2D eigenvalue weighted by atomic mass is 16.7. The van der Waals surface area contributed by atoms with Crippen LogP contribution in [0.3, 0.4) is 0 Å². The molecule has 0 aromatic rings. The molecule has 2 rings (SSSR count). The van der Waals surface area contributed by atoms with Crippen molar-refractivity contribution < 1.29 is 28.8 Å². The Bertz CT molecular complexity index is 535. The third kappa shape index (κ3) is 9.01. The van der Waals surface area contributed by atoms with Crippen LogP contribution in [0.2, 0.25) is 0 Å². The van der Waals surface area contributed by atoms with Crippen molar-refractivity contribution in [1.29, 1.82) is 0 Å². The molecule has 0 radical (unpaired) electrons. The van der Waals surface area contributed by atoms with Crippen molar-refractivity contribution in [3.8, 4) is 0 Å². The molecular formula is C28H54O6. The molecule has 6 nitrogen and oxygen atoms in total. The molecule has 2 aliphatic rings. The van der Waals surface area contributed by atoms with Gasteiger partial charge in [0.15, 0.2) is 6.29 Å². The van der Waals surface area contributed by atoms with Crippen LogP contribution in [-0.4, -0.2) is 67.8 Å². The van der Waals surface area contributed by atoms with Gasteiger partial charge in [-0.3, -0.25) is 0 Å². The van der Waals surface area contributed by atoms with Crippen LogP contribution in [0.25, 0.3) is 0 Å². The highest BCUT2D eigenvalue weighted by molar-refractivity contribution is 4.93. The number of rotatable bonds is 14. The Hall–Kier alpha value is -0.240. The second-order valence-corrected chi connectivity index (χ2v) is 11.4. The van der Waals surface area contributed by atoms with E-state index >= 15 is 0 Å². The molecule has 0 aromatic heterocycles. The van der Waals surface area contributed by atoms with Gasteiger partial charge in [0, 0.05) is 19.8 Å². The first-order valence-electron chi connectivity index (χ1n) is 14.1. The van der Waals surface area contributed by atoms with Gasteiger partial charge in [-0.1, -0.05) is 60.8 Å². The van der Waals surface area contributed by atoms with Gasteiger partial charge in [0.1, 0.15) is 18.3 Å². The molecule has 1 saturated carbocycles. The minimum atomic E-state index is -0.574. The van der Waals surface area contributed by atoms with Gasteiger partial charge in [-0.05, 0) is 56.8 Å². The zero-order valence-corrected chi connectivity index (χ0v) is 23.1. The van der Waals surface area contributed by atoms with E-state index in [4.69, 9.17) is 23.7 Å². The Kier molecular flexibility index (Phi) is 13.3. The number of aliphatic hydroxyl groups is 1. The van der Waals surface area contributed by atoms with Crippen molar-refractivity contribution in [2.45, 2.75) is 149 Å². The first kappa shape index (κ1) is 30.0. The number of unbranched alkanes of at least 4 members (excludes halogenated alkanes) is 3. The van der Waals surface area contributed by atoms with E-state index in [9.17, 15) is 5.11 Å². The fourth-order valence-corrected chi connectivity index (χ4v) is 5.01. The van der Waals surface area contributed by atoms with E-state index in [1.165, 1.54) is 0 Å². The lowest BCUT2D eigenvalue weighted by molar-refractivity contribution is -0.331. The van der Waals surface area contributed by atoms with E-state index in [2.05, 4.69) is 41.5 Å². The smallest absolute Gasteiger partial charge is 0.187 e. The van der Waals surface area contributed by atoms with Gasteiger partial charge >= 0.3 is 0 Å². The van der Waals surface area contributed by atoms with E-state index in [1.807, 2.05) is 6.92 Å². The molecule has 202 valence electrons. The molecule has 2 fully saturated rings. The Labute approximate surface area is 209 Å². The highest BCUT2D eigenvalue weighted by Crippen LogP contribution is 2.40. The summed E-state index contributed by atoms with van der Waals surface area (Å²) in [5.41, 5.74) is 0.189. The predicted molar refractivity (Wildman–Crippen MR) is 136 cm³/mol. The zero-order chi connectivity index (χ0) is 25.1. The van der Waals surface area contributed by atoms with Gasteiger partial charge in [-0.15, -0.1) is 0 Å². The number of hydrogen-bond donors (Lipinski definition) is 1. The average Bonchev–Trinajstić information content (AvgIpc) is 2.78. The largest absolute Gasteiger partial charge is 0.390 e. The summed E-state index contributed by atoms with van der Waals surface area (Å²) in [5.74, 6) is 0.492. The second-order valence-electron chi connectivity index (χ2n) is 11.4. The summed E-state index contributed by atoms with van der Waals surface area (Å²) in [6, 6.07) is 0. The molecule has 6 heteroatoms. The number of aliphatic hydroxyl groups excluding tert-OH is 1. The van der Waals surface area contributed by atoms with Gasteiger partial charge in [-0.25, -0.2) is 0 Å². The molecule has 0 aromatic carbocycles. The van der Waals surface area contributed by atoms with E-state index in [-0.39, 0.29) is 35.9 Å². The second kappa shape index (κ2) is 15.1. The first-order valence-corrected chi connectivity index (χ1v) is 14.1. The third-order valence-electron chi connectivity index (χ3n) is 7.44. The first-order chi connectivity index (χ1) is 16.2. The zero-order valence-electron chi connectivity index (χ0n) is 23.1. The minimum Gasteiger partial charge on any atom is -0.390 e. The molecule has 1 aliphatic carbocycles. The molecule has 0 bridgehead atoms. The SMILES string of the molecule is CCCCOC1C(OCCCC)[C@H](OCCCC)C(C)O[C@H]1OC1CCC(C(C)(C)C)C[C@H]1O. The van der Waals surface area contributed by atoms with E-state index in [0.717, 1.165) is 57.8 Å². The van der Waals surface area contributed by atoms with Crippen LogP contribution in [0.15, 0.2) is 0 Å². The Morgan fingerprint density at radius 1 is 0.794 bits per heavy atom. The molecule has 34 heavy (non-hydrogen) atoms. The van der Waals surface area contributed by atoms with Crippen LogP contribution in [0.4, 0.5) is 0 Å². The minimum absolute atomic E-state index is 0.178. The van der Waals surface area contributed by atoms with Crippen LogP contribution < -0.4 is 0 Å². The maximum absolute atomic E-state index is 11.0. The van der Waals surface area contributed by atoms with Gasteiger partial charge in [0.2, 0.25) is 0 Å². The maximum Gasteiger partial charge on any atom is 0.187 e. The van der Waals surface area contributed by atoms with Crippen molar-refractivity contribution in [2.75, 3.05) is 19.8 Å². The van der Waals surface area contributed by atoms with E-state index in [0.29, 0.717) is 25.7 Å². The number of hydrogen-bond acceptors (Lipinski definition) is 6. The summed E-state index contributed by atoms with van der Waals surface area (Å²) in [6.07, 6.45) is 6.51. The Morgan fingerprint density at radius 3 is 1.82 bits per heavy atom. The average molecular weight is 487 g/mol. The normalized spacial score (nSPS) is 34.9. The van der Waals surface area contributed by atoms with Crippen molar-refractivity contribution in [3.63, 3.8) is 0 Å². The van der Waals surface area contributed by atoms with Gasteiger partial charge in [-0.2, -0.15) is 0 Å². The fourth-order valence-electron chi connectivity index (χ4n) is 5.01. The topological polar surface area (TPSA) is 66.4 Å². The monoisotopic (exact) mass is 486 g/mol. The lowest BCUT2D eigenvalue weighted by Crippen LogP contribution is -2.61. The van der Waals surface area contributed by atoms with Crippen molar-refractivity contribution in [2.24, 2.45) is 11.3 Å². The van der Waals surface area contributed by atoms with Gasteiger partial charge in [0.25, 0.3) is 0 Å². The van der Waals surface area contributed by atoms with Crippen LogP contribution in [0.1, 0.15) is 106 Å². The molecule has 1 heterocycles. The van der Waals surface area contributed by atoms with E-state index in [1.54, 1.807) is 0 Å². The number of ether oxygens (including phenoxy) is 5. The van der Waals surface area contributed by atoms with Crippen LogP contribution >= 0.6 is 0 Å². The van der Waals surface area contributed by atoms with Crippen LogP contribution in [0, 0.1) is 11.3 Å². The summed E-state index contributed by atoms with van der Waals surface area (Å²) in [5, 5.41) is 11.0. The molecule has 1 saturated heterocycles. The van der Waals surface area contributed by atoms with Crippen LogP contribution in [-0.2, 0) is 23.7 Å².